The molecule has 1 N–H and O–H groups in total. The molecule has 0 aliphatic heterocycles. The van der Waals surface area contributed by atoms with Crippen LogP contribution >= 0.6 is 0 Å². The predicted molar refractivity (Wildman–Crippen MR) is 91.0 cm³/mol. The lowest BCUT2D eigenvalue weighted by Gasteiger charge is -2.28. The highest BCUT2D eigenvalue weighted by Gasteiger charge is 2.36. The average Bonchev–Trinajstić information content (AvgIpc) is 3.22. The van der Waals surface area contributed by atoms with Crippen LogP contribution in [0.1, 0.15) is 36.9 Å². The summed E-state index contributed by atoms with van der Waals surface area (Å²) in [4.78, 5) is 0.215. The van der Waals surface area contributed by atoms with E-state index in [9.17, 15) is 13.5 Å². The van der Waals surface area contributed by atoms with E-state index in [0.717, 1.165) is 18.4 Å². The highest BCUT2D eigenvalue weighted by atomic mass is 32.2. The van der Waals surface area contributed by atoms with Crippen LogP contribution in [0.15, 0.2) is 41.6 Å². The molecule has 0 bridgehead atoms. The first kappa shape index (κ1) is 17.1. The van der Waals surface area contributed by atoms with Gasteiger partial charge in [0, 0.05) is 25.9 Å². The van der Waals surface area contributed by atoms with E-state index >= 15 is 0 Å². The van der Waals surface area contributed by atoms with Crippen molar-refractivity contribution < 1.29 is 13.5 Å². The Morgan fingerprint density at radius 1 is 1.38 bits per heavy atom. The monoisotopic (exact) mass is 349 g/mol. The second-order valence-electron chi connectivity index (χ2n) is 5.98. The van der Waals surface area contributed by atoms with Gasteiger partial charge in [-0.05, 0) is 37.3 Å². The van der Waals surface area contributed by atoms with Gasteiger partial charge in [0.15, 0.2) is 0 Å². The average molecular weight is 349 g/mol. The van der Waals surface area contributed by atoms with E-state index in [1.807, 2.05) is 25.1 Å². The van der Waals surface area contributed by atoms with Crippen molar-refractivity contribution in [2.24, 2.45) is 0 Å². The lowest BCUT2D eigenvalue weighted by atomic mass is 10.1. The van der Waals surface area contributed by atoms with Gasteiger partial charge in [-0.2, -0.15) is 9.40 Å². The van der Waals surface area contributed by atoms with Crippen molar-refractivity contribution in [2.45, 2.75) is 43.7 Å². The van der Waals surface area contributed by atoms with Gasteiger partial charge in [-0.25, -0.2) is 8.42 Å². The molecule has 0 saturated carbocycles. The fraction of sp³-hybridized carbons (Fsp3) is 0.471. The quantitative estimate of drug-likeness (QED) is 0.829. The number of aliphatic hydroxyl groups excluding tert-OH is 1. The molecule has 2 aromatic rings. The first-order valence-electron chi connectivity index (χ1n) is 8.31. The zero-order chi connectivity index (χ0) is 17.2. The van der Waals surface area contributed by atoms with E-state index in [0.29, 0.717) is 19.5 Å². The molecular formula is C17H23N3O3S. The number of aryl methyl sites for hydroxylation is 2. The van der Waals surface area contributed by atoms with Gasteiger partial charge in [-0.1, -0.05) is 24.3 Å². The third-order valence-corrected chi connectivity index (χ3v) is 6.39. The van der Waals surface area contributed by atoms with Crippen molar-refractivity contribution in [3.05, 3.63) is 47.8 Å². The Morgan fingerprint density at radius 2 is 2.17 bits per heavy atom. The predicted octanol–water partition coefficient (Wildman–Crippen LogP) is 1.96. The van der Waals surface area contributed by atoms with Crippen molar-refractivity contribution in [3.63, 3.8) is 0 Å². The Labute approximate surface area is 142 Å². The Balaban J connectivity index is 1.97. The first-order valence-corrected chi connectivity index (χ1v) is 9.75. The lowest BCUT2D eigenvalue weighted by Crippen LogP contribution is -2.35. The van der Waals surface area contributed by atoms with Crippen LogP contribution in [0, 0.1) is 0 Å². The molecule has 3 rings (SSSR count). The van der Waals surface area contributed by atoms with Crippen LogP contribution in [-0.4, -0.2) is 40.8 Å². The van der Waals surface area contributed by atoms with Crippen molar-refractivity contribution in [3.8, 4) is 0 Å². The van der Waals surface area contributed by atoms with E-state index in [1.54, 1.807) is 10.9 Å². The van der Waals surface area contributed by atoms with Crippen LogP contribution in [0.25, 0.3) is 0 Å². The van der Waals surface area contributed by atoms with Gasteiger partial charge in [0.1, 0.15) is 4.90 Å². The number of aromatic nitrogens is 2. The van der Waals surface area contributed by atoms with Gasteiger partial charge in [0.2, 0.25) is 10.0 Å². The van der Waals surface area contributed by atoms with E-state index in [-0.39, 0.29) is 17.5 Å². The summed E-state index contributed by atoms with van der Waals surface area (Å²) in [5, 5.41) is 13.3. The third-order valence-electron chi connectivity index (χ3n) is 4.53. The second kappa shape index (κ2) is 7.04. The zero-order valence-corrected chi connectivity index (χ0v) is 14.6. The van der Waals surface area contributed by atoms with Gasteiger partial charge in [0.25, 0.3) is 0 Å². The number of nitrogens with zero attached hydrogens (tertiary/aromatic N) is 3. The van der Waals surface area contributed by atoms with E-state index < -0.39 is 10.0 Å². The maximum Gasteiger partial charge on any atom is 0.246 e. The summed E-state index contributed by atoms with van der Waals surface area (Å²) in [5.41, 5.74) is 2.28. The normalized spacial score (nSPS) is 17.4. The lowest BCUT2D eigenvalue weighted by molar-refractivity contribution is 0.249. The number of aliphatic hydroxyl groups is 1. The van der Waals surface area contributed by atoms with Gasteiger partial charge in [-0.3, -0.25) is 4.68 Å². The largest absolute Gasteiger partial charge is 0.396 e. The van der Waals surface area contributed by atoms with Crippen molar-refractivity contribution >= 4 is 10.0 Å². The van der Waals surface area contributed by atoms with Crippen LogP contribution in [0.2, 0.25) is 0 Å². The van der Waals surface area contributed by atoms with Gasteiger partial charge < -0.3 is 5.11 Å². The summed E-state index contributed by atoms with van der Waals surface area (Å²) in [5.74, 6) is 0. The minimum Gasteiger partial charge on any atom is -0.396 e. The molecule has 0 spiro atoms. The maximum absolute atomic E-state index is 13.2. The fourth-order valence-corrected chi connectivity index (χ4v) is 4.92. The number of benzene rings is 1. The molecule has 1 unspecified atom stereocenters. The van der Waals surface area contributed by atoms with E-state index in [2.05, 4.69) is 11.2 Å². The molecule has 0 radical (unpaired) electrons. The second-order valence-corrected chi connectivity index (χ2v) is 7.87. The third kappa shape index (κ3) is 3.11. The van der Waals surface area contributed by atoms with Crippen LogP contribution in [0.5, 0.6) is 0 Å². The van der Waals surface area contributed by atoms with Crippen LogP contribution in [0.4, 0.5) is 0 Å². The Kier molecular flexibility index (Phi) is 5.03. The molecule has 24 heavy (non-hydrogen) atoms. The highest BCUT2D eigenvalue weighted by molar-refractivity contribution is 7.89. The molecule has 0 amide bonds. The van der Waals surface area contributed by atoms with Crippen molar-refractivity contribution in [2.75, 3.05) is 13.2 Å². The van der Waals surface area contributed by atoms with Gasteiger partial charge in [-0.15, -0.1) is 0 Å². The Morgan fingerprint density at radius 3 is 2.88 bits per heavy atom. The topological polar surface area (TPSA) is 75.4 Å². The summed E-state index contributed by atoms with van der Waals surface area (Å²) >= 11 is 0. The van der Waals surface area contributed by atoms with Crippen molar-refractivity contribution in [1.29, 1.82) is 0 Å². The summed E-state index contributed by atoms with van der Waals surface area (Å²) in [6.07, 6.45) is 5.04. The van der Waals surface area contributed by atoms with Crippen molar-refractivity contribution in [1.82, 2.24) is 14.1 Å². The highest BCUT2D eigenvalue weighted by Crippen LogP contribution is 2.38. The molecule has 130 valence electrons. The molecule has 1 aromatic heterocycles. The van der Waals surface area contributed by atoms with E-state index in [4.69, 9.17) is 0 Å². The zero-order valence-electron chi connectivity index (χ0n) is 13.8. The number of rotatable bonds is 7. The SMILES string of the molecule is CCn1cc(S(=O)(=O)N(CCCO)C2CCc3ccccc32)cn1. The molecule has 1 heterocycles. The summed E-state index contributed by atoms with van der Waals surface area (Å²) in [7, 11) is -3.65. The maximum atomic E-state index is 13.2. The van der Waals surface area contributed by atoms with Gasteiger partial charge in [0.05, 0.1) is 12.2 Å². The summed E-state index contributed by atoms with van der Waals surface area (Å²) in [6, 6.07) is 7.82. The molecule has 1 aliphatic rings. The molecule has 1 aromatic carbocycles. The van der Waals surface area contributed by atoms with Crippen LogP contribution in [-0.2, 0) is 23.0 Å². The van der Waals surface area contributed by atoms with Crippen LogP contribution in [0.3, 0.4) is 0 Å². The minimum absolute atomic E-state index is 0.0331. The number of fused-ring (bicyclic) bond motifs is 1. The molecule has 7 heteroatoms. The Hall–Kier alpha value is -1.70. The fourth-order valence-electron chi connectivity index (χ4n) is 3.29. The number of sulfonamides is 1. The molecule has 0 fully saturated rings. The molecule has 6 nitrogen and oxygen atoms in total. The smallest absolute Gasteiger partial charge is 0.246 e. The standard InChI is InChI=1S/C17H23N3O3S/c1-2-19-13-15(12-18-19)24(22,23)20(10-5-11-21)17-9-8-14-6-3-4-7-16(14)17/h3-4,6-7,12-13,17,21H,2,5,8-11H2,1H3. The van der Waals surface area contributed by atoms with E-state index in [1.165, 1.54) is 16.1 Å². The molecule has 1 aliphatic carbocycles. The first-order chi connectivity index (χ1) is 11.6. The molecular weight excluding hydrogens is 326 g/mol. The number of hydrogen-bond donors (Lipinski definition) is 1. The Bertz CT molecular complexity index is 801. The van der Waals surface area contributed by atoms with Crippen LogP contribution < -0.4 is 0 Å². The summed E-state index contributed by atoms with van der Waals surface area (Å²) < 4.78 is 29.5. The van der Waals surface area contributed by atoms with Gasteiger partial charge >= 0.3 is 0 Å². The summed E-state index contributed by atoms with van der Waals surface area (Å²) in [6.45, 7) is 2.81. The minimum atomic E-state index is -3.65. The molecule has 1 atom stereocenters. The number of hydrogen-bond acceptors (Lipinski definition) is 4. The molecule has 0 saturated heterocycles.